The van der Waals surface area contributed by atoms with E-state index in [1.54, 1.807) is 7.05 Å². The quantitative estimate of drug-likeness (QED) is 0.567. The van der Waals surface area contributed by atoms with Crippen molar-refractivity contribution in [1.29, 1.82) is 0 Å². The van der Waals surface area contributed by atoms with Crippen molar-refractivity contribution in [3.05, 3.63) is 52.5 Å². The lowest BCUT2D eigenvalue weighted by Gasteiger charge is -2.20. The first kappa shape index (κ1) is 24.5. The maximum absolute atomic E-state index is 13.4. The van der Waals surface area contributed by atoms with E-state index in [0.717, 1.165) is 12.1 Å². The van der Waals surface area contributed by atoms with Gasteiger partial charge in [0.2, 0.25) is 0 Å². The number of rotatable bonds is 5. The number of hydrogen-bond donors (Lipinski definition) is 1. The highest BCUT2D eigenvalue weighted by Gasteiger charge is 2.36. The van der Waals surface area contributed by atoms with Crippen molar-refractivity contribution in [2.24, 2.45) is 0 Å². The number of hydrogen-bond acceptors (Lipinski definition) is 4. The van der Waals surface area contributed by atoms with Crippen LogP contribution in [0.4, 0.5) is 32.0 Å². The van der Waals surface area contributed by atoms with E-state index in [1.807, 2.05) is 9.62 Å². The third-order valence-electron chi connectivity index (χ3n) is 4.73. The Labute approximate surface area is 185 Å². The first-order valence-electron chi connectivity index (χ1n) is 9.13. The van der Waals surface area contributed by atoms with Gasteiger partial charge in [-0.15, -0.1) is 0 Å². The molecule has 1 heterocycles. The van der Waals surface area contributed by atoms with Crippen LogP contribution in [0.3, 0.4) is 0 Å². The molecule has 32 heavy (non-hydrogen) atoms. The molecule has 1 fully saturated rings. The lowest BCUT2D eigenvalue weighted by Crippen LogP contribution is -2.23. The predicted molar refractivity (Wildman–Crippen MR) is 105 cm³/mol. The van der Waals surface area contributed by atoms with Crippen molar-refractivity contribution in [3.63, 3.8) is 0 Å². The molecule has 3 rings (SSSR count). The Morgan fingerprint density at radius 2 is 1.75 bits per heavy atom. The number of benzene rings is 2. The van der Waals surface area contributed by atoms with Crippen LogP contribution < -0.4 is 9.46 Å². The van der Waals surface area contributed by atoms with Crippen LogP contribution in [0.15, 0.2) is 41.3 Å². The average molecular weight is 503 g/mol. The summed E-state index contributed by atoms with van der Waals surface area (Å²) in [7, 11) is -2.72. The second-order valence-electron chi connectivity index (χ2n) is 7.25. The van der Waals surface area contributed by atoms with Gasteiger partial charge in [0.25, 0.3) is 10.0 Å². The van der Waals surface area contributed by atoms with E-state index >= 15 is 0 Å². The molecule has 1 atom stereocenters. The molecule has 0 bridgehead atoms. The van der Waals surface area contributed by atoms with Gasteiger partial charge in [-0.2, -0.15) is 26.3 Å². The summed E-state index contributed by atoms with van der Waals surface area (Å²) in [6, 6.07) is 4.10. The van der Waals surface area contributed by atoms with E-state index in [9.17, 15) is 34.8 Å². The maximum atomic E-state index is 13.4. The minimum absolute atomic E-state index is 0.268. The Bertz CT molecular complexity index is 1110. The van der Waals surface area contributed by atoms with Crippen LogP contribution in [0.25, 0.3) is 0 Å². The van der Waals surface area contributed by atoms with Gasteiger partial charge in [0.1, 0.15) is 16.7 Å². The van der Waals surface area contributed by atoms with Gasteiger partial charge >= 0.3 is 12.4 Å². The number of likely N-dealkylation sites (tertiary alicyclic amines) is 1. The molecule has 0 aromatic heterocycles. The van der Waals surface area contributed by atoms with Crippen molar-refractivity contribution >= 4 is 27.3 Å². The Morgan fingerprint density at radius 3 is 2.28 bits per heavy atom. The number of anilines is 1. The fraction of sp³-hybridized carbons (Fsp3) is 0.368. The zero-order valence-corrected chi connectivity index (χ0v) is 18.0. The minimum Gasteiger partial charge on any atom is -0.488 e. The summed E-state index contributed by atoms with van der Waals surface area (Å²) in [5, 5.41) is -0.690. The van der Waals surface area contributed by atoms with Gasteiger partial charge in [0, 0.05) is 19.2 Å². The zero-order valence-electron chi connectivity index (χ0n) is 16.4. The van der Waals surface area contributed by atoms with Gasteiger partial charge in [-0.25, -0.2) is 8.42 Å². The molecule has 0 unspecified atom stereocenters. The Hall–Kier alpha value is -2.18. The topological polar surface area (TPSA) is 58.6 Å². The van der Waals surface area contributed by atoms with Gasteiger partial charge in [-0.05, 0) is 43.8 Å². The molecule has 2 aromatic carbocycles. The van der Waals surface area contributed by atoms with Crippen LogP contribution in [0.2, 0.25) is 5.02 Å². The first-order chi connectivity index (χ1) is 14.7. The molecule has 0 spiro atoms. The summed E-state index contributed by atoms with van der Waals surface area (Å²) in [4.78, 5) is 1.21. The second kappa shape index (κ2) is 8.64. The molecule has 1 aliphatic heterocycles. The average Bonchev–Trinajstić information content (AvgIpc) is 3.04. The van der Waals surface area contributed by atoms with Crippen molar-refractivity contribution < 1.29 is 39.5 Å². The minimum atomic E-state index is -4.74. The van der Waals surface area contributed by atoms with Gasteiger partial charge in [0.15, 0.2) is 0 Å². The molecule has 2 aromatic rings. The normalized spacial score (nSPS) is 18.1. The summed E-state index contributed by atoms with van der Waals surface area (Å²) >= 11 is 5.73. The fourth-order valence-corrected chi connectivity index (χ4v) is 4.79. The van der Waals surface area contributed by atoms with Crippen molar-refractivity contribution in [2.45, 2.75) is 29.8 Å². The largest absolute Gasteiger partial charge is 0.488 e. The Balaban J connectivity index is 1.91. The highest BCUT2D eigenvalue weighted by atomic mass is 35.5. The summed E-state index contributed by atoms with van der Waals surface area (Å²) in [6.45, 7) is 1.03. The molecule has 0 saturated carbocycles. The van der Waals surface area contributed by atoms with Gasteiger partial charge in [-0.3, -0.25) is 4.72 Å². The third-order valence-corrected chi connectivity index (χ3v) is 6.59. The molecule has 1 aliphatic rings. The summed E-state index contributed by atoms with van der Waals surface area (Å²) in [6.07, 6.45) is -9.50. The van der Waals surface area contributed by atoms with E-state index in [2.05, 4.69) is 0 Å². The van der Waals surface area contributed by atoms with Crippen LogP contribution in [0, 0.1) is 0 Å². The zero-order chi connectivity index (χ0) is 23.9. The monoisotopic (exact) mass is 502 g/mol. The van der Waals surface area contributed by atoms with Crippen LogP contribution in [0.5, 0.6) is 5.75 Å². The van der Waals surface area contributed by atoms with E-state index in [4.69, 9.17) is 16.3 Å². The van der Waals surface area contributed by atoms with Crippen molar-refractivity contribution in [3.8, 4) is 5.75 Å². The Morgan fingerprint density at radius 1 is 1.06 bits per heavy atom. The standard InChI is InChI=1S/C19H17ClF6N2O3S/c1-28-7-6-13(10-28)31-16-9-12(3-4-14(16)19(24,25)26)27-32(29,30)17-5-2-11(8-15(17)20)18(21,22)23/h2-5,8-9,13,27H,6-7,10H2,1H3/t13-/m1/s1. The number of halogens is 7. The smallest absolute Gasteiger partial charge is 0.419 e. The summed E-state index contributed by atoms with van der Waals surface area (Å²) in [5.41, 5.74) is -2.49. The van der Waals surface area contributed by atoms with Crippen LogP contribution in [0.1, 0.15) is 17.5 Å². The van der Waals surface area contributed by atoms with E-state index in [0.29, 0.717) is 43.8 Å². The Kier molecular flexibility index (Phi) is 6.60. The number of sulfonamides is 1. The lowest BCUT2D eigenvalue weighted by molar-refractivity contribution is -0.139. The van der Waals surface area contributed by atoms with Crippen LogP contribution >= 0.6 is 11.6 Å². The summed E-state index contributed by atoms with van der Waals surface area (Å²) < 4.78 is 111. The van der Waals surface area contributed by atoms with Crippen LogP contribution in [-0.2, 0) is 22.4 Å². The molecule has 13 heteroatoms. The SMILES string of the molecule is CN1CC[C@@H](Oc2cc(NS(=O)(=O)c3ccc(C(F)(F)F)cc3Cl)ccc2C(F)(F)F)C1. The predicted octanol–water partition coefficient (Wildman–Crippen LogP) is 5.26. The maximum Gasteiger partial charge on any atom is 0.419 e. The van der Waals surface area contributed by atoms with E-state index in [1.165, 1.54) is 0 Å². The van der Waals surface area contributed by atoms with Crippen molar-refractivity contribution in [1.82, 2.24) is 4.90 Å². The number of alkyl halides is 6. The molecular formula is C19H17ClF6N2O3S. The third kappa shape index (κ3) is 5.59. The first-order valence-corrected chi connectivity index (χ1v) is 11.0. The van der Waals surface area contributed by atoms with E-state index < -0.39 is 55.3 Å². The fourth-order valence-electron chi connectivity index (χ4n) is 3.19. The molecule has 0 aliphatic carbocycles. The molecular weight excluding hydrogens is 486 g/mol. The molecule has 1 N–H and O–H groups in total. The van der Waals surface area contributed by atoms with Crippen LogP contribution in [-0.4, -0.2) is 39.6 Å². The molecule has 0 radical (unpaired) electrons. The lowest BCUT2D eigenvalue weighted by atomic mass is 10.1. The number of likely N-dealkylation sites (N-methyl/N-ethyl adjacent to an activating group) is 1. The van der Waals surface area contributed by atoms with Gasteiger partial charge in [-0.1, -0.05) is 11.6 Å². The number of ether oxygens (including phenoxy) is 1. The molecule has 1 saturated heterocycles. The van der Waals surface area contributed by atoms with Crippen molar-refractivity contribution in [2.75, 3.05) is 24.9 Å². The summed E-state index contributed by atoms with van der Waals surface area (Å²) in [5.74, 6) is -0.559. The molecule has 0 amide bonds. The highest BCUT2D eigenvalue weighted by Crippen LogP contribution is 2.39. The highest BCUT2D eigenvalue weighted by molar-refractivity contribution is 7.92. The van der Waals surface area contributed by atoms with Gasteiger partial charge < -0.3 is 9.64 Å². The van der Waals surface area contributed by atoms with Gasteiger partial charge in [0.05, 0.1) is 21.8 Å². The molecule has 176 valence electrons. The second-order valence-corrected chi connectivity index (χ2v) is 9.31. The molecule has 5 nitrogen and oxygen atoms in total. The van der Waals surface area contributed by atoms with E-state index in [-0.39, 0.29) is 5.69 Å². The number of nitrogens with zero attached hydrogens (tertiary/aromatic N) is 1. The number of nitrogens with one attached hydrogen (secondary N) is 1.